The number of rotatable bonds is 1. The Balaban J connectivity index is 2.31. The van der Waals surface area contributed by atoms with Crippen LogP contribution in [0.25, 0.3) is 0 Å². The van der Waals surface area contributed by atoms with Gasteiger partial charge in [0.15, 0.2) is 4.91 Å². The van der Waals surface area contributed by atoms with Crippen LogP contribution in [0.5, 0.6) is 0 Å². The van der Waals surface area contributed by atoms with Gasteiger partial charge in [-0.05, 0) is 24.3 Å². The molecule has 0 amide bonds. The van der Waals surface area contributed by atoms with Crippen molar-refractivity contribution >= 4 is 21.2 Å². The van der Waals surface area contributed by atoms with E-state index < -0.39 is 26.4 Å². The zero-order valence-corrected chi connectivity index (χ0v) is 11.8. The largest absolute Gasteiger partial charge is 0.311 e. The maximum absolute atomic E-state index is 14.0. The van der Waals surface area contributed by atoms with Crippen LogP contribution in [0.2, 0.25) is 0 Å². The van der Waals surface area contributed by atoms with E-state index >= 15 is 0 Å². The molecule has 0 N–H and O–H groups in total. The SMILES string of the molecule is N#CC1=CN(c2ccc(F)cc2F)c2ccccc2S1(=O)=O. The molecule has 4 nitrogen and oxygen atoms in total. The zero-order chi connectivity index (χ0) is 15.9. The van der Waals surface area contributed by atoms with E-state index in [-0.39, 0.29) is 16.3 Å². The Bertz CT molecular complexity index is 946. The third kappa shape index (κ3) is 2.05. The van der Waals surface area contributed by atoms with Crippen molar-refractivity contribution in [3.05, 3.63) is 65.2 Å². The van der Waals surface area contributed by atoms with Crippen molar-refractivity contribution in [2.24, 2.45) is 0 Å². The third-order valence-electron chi connectivity index (χ3n) is 3.23. The first-order valence-electron chi connectivity index (χ1n) is 6.15. The fourth-order valence-corrected chi connectivity index (χ4v) is 3.52. The summed E-state index contributed by atoms with van der Waals surface area (Å²) in [6.07, 6.45) is 1.04. The van der Waals surface area contributed by atoms with Crippen LogP contribution in [0.4, 0.5) is 20.2 Å². The van der Waals surface area contributed by atoms with Crippen molar-refractivity contribution in [3.63, 3.8) is 0 Å². The number of nitriles is 1. The van der Waals surface area contributed by atoms with Crippen molar-refractivity contribution in [1.82, 2.24) is 0 Å². The van der Waals surface area contributed by atoms with Crippen molar-refractivity contribution < 1.29 is 17.2 Å². The Morgan fingerprint density at radius 1 is 1.05 bits per heavy atom. The van der Waals surface area contributed by atoms with Crippen LogP contribution in [0.1, 0.15) is 0 Å². The Hall–Kier alpha value is -2.72. The number of allylic oxidation sites excluding steroid dienone is 1. The summed E-state index contributed by atoms with van der Waals surface area (Å²) in [5.41, 5.74) is 0.156. The first kappa shape index (κ1) is 14.2. The van der Waals surface area contributed by atoms with Gasteiger partial charge in [-0.1, -0.05) is 12.1 Å². The molecule has 0 spiro atoms. The molecule has 110 valence electrons. The van der Waals surface area contributed by atoms with Gasteiger partial charge in [0.25, 0.3) is 0 Å². The topological polar surface area (TPSA) is 61.2 Å². The number of hydrogen-bond acceptors (Lipinski definition) is 4. The summed E-state index contributed by atoms with van der Waals surface area (Å²) < 4.78 is 51.6. The number of para-hydroxylation sites is 1. The second-order valence-corrected chi connectivity index (χ2v) is 6.43. The molecular formula is C15H8F2N2O2S. The number of anilines is 2. The van der Waals surface area contributed by atoms with Gasteiger partial charge in [-0.3, -0.25) is 0 Å². The molecule has 0 unspecified atom stereocenters. The summed E-state index contributed by atoms with van der Waals surface area (Å²) in [6.45, 7) is 0. The molecule has 0 saturated carbocycles. The molecule has 7 heteroatoms. The molecule has 0 radical (unpaired) electrons. The first-order chi connectivity index (χ1) is 10.4. The average molecular weight is 318 g/mol. The normalized spacial score (nSPS) is 15.7. The van der Waals surface area contributed by atoms with Crippen LogP contribution in [0.3, 0.4) is 0 Å². The average Bonchev–Trinajstić information content (AvgIpc) is 2.49. The van der Waals surface area contributed by atoms with Crippen LogP contribution >= 0.6 is 0 Å². The van der Waals surface area contributed by atoms with E-state index in [1.54, 1.807) is 12.1 Å². The molecule has 0 atom stereocenters. The molecule has 0 bridgehead atoms. The summed E-state index contributed by atoms with van der Waals surface area (Å²) in [5, 5.41) is 9.05. The lowest BCUT2D eigenvalue weighted by Crippen LogP contribution is -2.22. The number of sulfone groups is 1. The first-order valence-corrected chi connectivity index (χ1v) is 7.64. The van der Waals surface area contributed by atoms with E-state index in [2.05, 4.69) is 0 Å². The van der Waals surface area contributed by atoms with E-state index in [0.29, 0.717) is 6.07 Å². The van der Waals surface area contributed by atoms with Gasteiger partial charge >= 0.3 is 0 Å². The summed E-state index contributed by atoms with van der Waals surface area (Å²) in [7, 11) is -3.93. The van der Waals surface area contributed by atoms with Crippen LogP contribution < -0.4 is 4.90 Å². The maximum Gasteiger partial charge on any atom is 0.220 e. The highest BCUT2D eigenvalue weighted by Gasteiger charge is 2.32. The fourth-order valence-electron chi connectivity index (χ4n) is 2.22. The number of benzene rings is 2. The van der Waals surface area contributed by atoms with Gasteiger partial charge in [0.2, 0.25) is 9.84 Å². The Labute approximate surface area is 125 Å². The minimum absolute atomic E-state index is 0.0449. The van der Waals surface area contributed by atoms with Crippen LogP contribution in [-0.4, -0.2) is 8.42 Å². The second-order valence-electron chi connectivity index (χ2n) is 4.54. The molecule has 1 aliphatic rings. The molecule has 2 aromatic rings. The molecule has 0 saturated heterocycles. The van der Waals surface area contributed by atoms with Crippen molar-refractivity contribution in [2.75, 3.05) is 4.90 Å². The molecule has 0 fully saturated rings. The Morgan fingerprint density at radius 3 is 2.45 bits per heavy atom. The minimum atomic E-state index is -3.93. The molecule has 22 heavy (non-hydrogen) atoms. The maximum atomic E-state index is 14.0. The van der Waals surface area contributed by atoms with Gasteiger partial charge in [0, 0.05) is 12.3 Å². The van der Waals surface area contributed by atoms with Gasteiger partial charge in [-0.25, -0.2) is 17.2 Å². The molecule has 1 heterocycles. The predicted molar refractivity (Wildman–Crippen MR) is 75.8 cm³/mol. The van der Waals surface area contributed by atoms with Crippen LogP contribution in [0, 0.1) is 23.0 Å². The van der Waals surface area contributed by atoms with E-state index in [9.17, 15) is 17.2 Å². The summed E-state index contributed by atoms with van der Waals surface area (Å²) >= 11 is 0. The minimum Gasteiger partial charge on any atom is -0.311 e. The van der Waals surface area contributed by atoms with Gasteiger partial charge in [0.1, 0.15) is 17.7 Å². The number of nitrogens with zero attached hydrogens (tertiary/aromatic N) is 2. The van der Waals surface area contributed by atoms with Gasteiger partial charge in [-0.15, -0.1) is 0 Å². The van der Waals surface area contributed by atoms with Crippen LogP contribution in [0.15, 0.2) is 58.5 Å². The van der Waals surface area contributed by atoms with E-state index in [0.717, 1.165) is 12.3 Å². The smallest absolute Gasteiger partial charge is 0.220 e. The predicted octanol–water partition coefficient (Wildman–Crippen LogP) is 3.26. The lowest BCUT2D eigenvalue weighted by Gasteiger charge is -2.27. The number of fused-ring (bicyclic) bond motifs is 1. The summed E-state index contributed by atoms with van der Waals surface area (Å²) in [5.74, 6) is -1.61. The van der Waals surface area contributed by atoms with Crippen molar-refractivity contribution in [2.45, 2.75) is 4.90 Å². The highest BCUT2D eigenvalue weighted by molar-refractivity contribution is 7.95. The lowest BCUT2D eigenvalue weighted by molar-refractivity contribution is 0.583. The zero-order valence-electron chi connectivity index (χ0n) is 11.0. The monoisotopic (exact) mass is 318 g/mol. The standard InChI is InChI=1S/C15H8F2N2O2S/c16-10-5-6-13(12(17)7-10)19-9-11(8-18)22(20,21)15-4-2-1-3-14(15)19/h1-7,9H. The summed E-state index contributed by atoms with van der Waals surface area (Å²) in [4.78, 5) is 0.622. The highest BCUT2D eigenvalue weighted by Crippen LogP contribution is 2.39. The summed E-state index contributed by atoms with van der Waals surface area (Å²) in [6, 6.07) is 10.5. The Kier molecular flexibility index (Phi) is 3.19. The molecule has 0 aromatic heterocycles. The second kappa shape index (κ2) is 4.93. The molecule has 2 aromatic carbocycles. The number of hydrogen-bond donors (Lipinski definition) is 0. The van der Waals surface area contributed by atoms with Gasteiger partial charge < -0.3 is 4.90 Å². The molecule has 0 aliphatic carbocycles. The molecule has 1 aliphatic heterocycles. The van der Waals surface area contributed by atoms with Crippen molar-refractivity contribution in [3.8, 4) is 6.07 Å². The van der Waals surface area contributed by atoms with Gasteiger partial charge in [-0.2, -0.15) is 5.26 Å². The third-order valence-corrected chi connectivity index (χ3v) is 4.93. The lowest BCUT2D eigenvalue weighted by atomic mass is 10.2. The molecule has 3 rings (SSSR count). The van der Waals surface area contributed by atoms with Crippen LogP contribution in [-0.2, 0) is 9.84 Å². The van der Waals surface area contributed by atoms with Gasteiger partial charge in [0.05, 0.1) is 16.3 Å². The fraction of sp³-hybridized carbons (Fsp3) is 0. The van der Waals surface area contributed by atoms with E-state index in [1.807, 2.05) is 0 Å². The number of halogens is 2. The highest BCUT2D eigenvalue weighted by atomic mass is 32.2. The van der Waals surface area contributed by atoms with Crippen molar-refractivity contribution in [1.29, 1.82) is 5.26 Å². The molecular weight excluding hydrogens is 310 g/mol. The quantitative estimate of drug-likeness (QED) is 0.810. The Morgan fingerprint density at radius 2 is 1.77 bits per heavy atom. The van der Waals surface area contributed by atoms with E-state index in [1.165, 1.54) is 29.2 Å². The van der Waals surface area contributed by atoms with E-state index in [4.69, 9.17) is 5.26 Å².